The average molecular weight is 587 g/mol. The van der Waals surface area contributed by atoms with Gasteiger partial charge >= 0.3 is 0 Å². The zero-order chi connectivity index (χ0) is 26.7. The highest BCUT2D eigenvalue weighted by Gasteiger charge is 2.17. The van der Waals surface area contributed by atoms with Gasteiger partial charge in [-0.05, 0) is 42.3 Å². The summed E-state index contributed by atoms with van der Waals surface area (Å²) in [6.07, 6.45) is 3.34. The van der Waals surface area contributed by atoms with Crippen LogP contribution >= 0.6 is 27.5 Å². The quantitative estimate of drug-likeness (QED) is 0.135. The Morgan fingerprint density at radius 2 is 2.05 bits per heavy atom. The molecule has 0 aliphatic rings. The second-order valence-corrected chi connectivity index (χ2v) is 9.37. The molecule has 0 spiro atoms. The summed E-state index contributed by atoms with van der Waals surface area (Å²) in [6.45, 7) is 4.00. The Morgan fingerprint density at radius 1 is 1.27 bits per heavy atom. The van der Waals surface area contributed by atoms with Crippen LogP contribution in [0, 0.1) is 10.1 Å². The number of pyridine rings is 1. The standard InChI is InChI=1S/C25H21BrClN5O5/c1-4-14(2)24-30-20-7-5-16(26)11-18(20)25(33)31(24)29-12-15-9-19(27)23(21(10-15)36-3)37-22-8-6-17(13-28-22)32(34)35/h5-14H,4H2,1-3H3/t14-/m0/s1. The van der Waals surface area contributed by atoms with E-state index in [1.54, 1.807) is 24.3 Å². The summed E-state index contributed by atoms with van der Waals surface area (Å²) in [5, 5.41) is 15.9. The minimum Gasteiger partial charge on any atom is -0.493 e. The lowest BCUT2D eigenvalue weighted by molar-refractivity contribution is -0.385. The lowest BCUT2D eigenvalue weighted by Crippen LogP contribution is -2.23. The van der Waals surface area contributed by atoms with Crippen LogP contribution in [0.3, 0.4) is 0 Å². The summed E-state index contributed by atoms with van der Waals surface area (Å²) in [5.41, 5.74) is 0.683. The number of ether oxygens (including phenoxy) is 2. The lowest BCUT2D eigenvalue weighted by atomic mass is 10.1. The number of aromatic nitrogens is 3. The van der Waals surface area contributed by atoms with Gasteiger partial charge in [0.05, 0.1) is 34.2 Å². The van der Waals surface area contributed by atoms with E-state index < -0.39 is 4.92 Å². The highest BCUT2D eigenvalue weighted by molar-refractivity contribution is 9.10. The second-order valence-electron chi connectivity index (χ2n) is 8.05. The number of hydrogen-bond donors (Lipinski definition) is 0. The first kappa shape index (κ1) is 26.2. The van der Waals surface area contributed by atoms with Crippen molar-refractivity contribution in [2.75, 3.05) is 7.11 Å². The molecule has 2 aromatic heterocycles. The molecular formula is C25H21BrClN5O5. The maximum Gasteiger partial charge on any atom is 0.287 e. The van der Waals surface area contributed by atoms with E-state index in [9.17, 15) is 14.9 Å². The predicted molar refractivity (Wildman–Crippen MR) is 144 cm³/mol. The first-order chi connectivity index (χ1) is 17.7. The first-order valence-electron chi connectivity index (χ1n) is 11.1. The molecule has 0 bridgehead atoms. The molecule has 0 radical (unpaired) electrons. The van der Waals surface area contributed by atoms with Gasteiger partial charge < -0.3 is 9.47 Å². The van der Waals surface area contributed by atoms with Crippen molar-refractivity contribution in [2.45, 2.75) is 26.2 Å². The van der Waals surface area contributed by atoms with Crippen molar-refractivity contribution >= 4 is 50.3 Å². The molecule has 10 nitrogen and oxygen atoms in total. The zero-order valence-corrected chi connectivity index (χ0v) is 22.4. The fraction of sp³-hybridized carbons (Fsp3) is 0.200. The molecule has 0 N–H and O–H groups in total. The SMILES string of the molecule is CC[C@H](C)c1nc2ccc(Br)cc2c(=O)n1N=Cc1cc(Cl)c(Oc2ccc([N+](=O)[O-])cn2)c(OC)c1. The Hall–Kier alpha value is -3.83. The van der Waals surface area contributed by atoms with E-state index >= 15 is 0 Å². The van der Waals surface area contributed by atoms with Gasteiger partial charge in [0, 0.05) is 22.5 Å². The molecule has 190 valence electrons. The minimum atomic E-state index is -0.555. The van der Waals surface area contributed by atoms with Gasteiger partial charge in [0.25, 0.3) is 11.2 Å². The number of nitro groups is 1. The van der Waals surface area contributed by atoms with Crippen LogP contribution in [0.1, 0.15) is 37.6 Å². The summed E-state index contributed by atoms with van der Waals surface area (Å²) in [6, 6.07) is 11.2. The molecule has 37 heavy (non-hydrogen) atoms. The van der Waals surface area contributed by atoms with Crippen LogP contribution in [0.5, 0.6) is 17.4 Å². The normalized spacial score (nSPS) is 12.1. The van der Waals surface area contributed by atoms with Gasteiger partial charge in [0.1, 0.15) is 12.0 Å². The van der Waals surface area contributed by atoms with Gasteiger partial charge in [-0.1, -0.05) is 41.4 Å². The zero-order valence-electron chi connectivity index (χ0n) is 20.0. The van der Waals surface area contributed by atoms with Crippen molar-refractivity contribution in [3.63, 3.8) is 0 Å². The number of rotatable bonds is 8. The third kappa shape index (κ3) is 5.62. The van der Waals surface area contributed by atoms with E-state index in [0.29, 0.717) is 22.3 Å². The van der Waals surface area contributed by atoms with Crippen molar-refractivity contribution in [2.24, 2.45) is 5.10 Å². The van der Waals surface area contributed by atoms with E-state index in [2.05, 4.69) is 26.0 Å². The van der Waals surface area contributed by atoms with Crippen LogP contribution in [-0.4, -0.2) is 32.9 Å². The smallest absolute Gasteiger partial charge is 0.287 e. The Balaban J connectivity index is 1.72. The molecule has 0 amide bonds. The van der Waals surface area contributed by atoms with E-state index in [1.807, 2.05) is 19.9 Å². The molecule has 12 heteroatoms. The lowest BCUT2D eigenvalue weighted by Gasteiger charge is -2.14. The Labute approximate surface area is 224 Å². The first-order valence-corrected chi connectivity index (χ1v) is 12.3. The number of methoxy groups -OCH3 is 1. The van der Waals surface area contributed by atoms with Crippen LogP contribution in [0.25, 0.3) is 10.9 Å². The van der Waals surface area contributed by atoms with Gasteiger partial charge in [-0.3, -0.25) is 14.9 Å². The molecule has 0 aliphatic carbocycles. The Morgan fingerprint density at radius 3 is 2.70 bits per heavy atom. The molecule has 0 aliphatic heterocycles. The summed E-state index contributed by atoms with van der Waals surface area (Å²) in [5.74, 6) is 1.09. The van der Waals surface area contributed by atoms with E-state index in [1.165, 1.54) is 30.1 Å². The molecule has 0 saturated carbocycles. The molecule has 1 atom stereocenters. The van der Waals surface area contributed by atoms with E-state index in [-0.39, 0.29) is 39.6 Å². The topological polar surface area (TPSA) is 122 Å². The third-order valence-electron chi connectivity index (χ3n) is 5.60. The molecule has 4 aromatic rings. The van der Waals surface area contributed by atoms with Gasteiger partial charge in [0.2, 0.25) is 5.88 Å². The number of fused-ring (bicyclic) bond motifs is 1. The van der Waals surface area contributed by atoms with Crippen LogP contribution in [0.4, 0.5) is 5.69 Å². The van der Waals surface area contributed by atoms with E-state index in [4.69, 9.17) is 26.1 Å². The van der Waals surface area contributed by atoms with Crippen molar-refractivity contribution in [3.05, 3.63) is 90.0 Å². The van der Waals surface area contributed by atoms with Crippen molar-refractivity contribution < 1.29 is 14.4 Å². The van der Waals surface area contributed by atoms with Gasteiger partial charge in [0.15, 0.2) is 11.5 Å². The highest BCUT2D eigenvalue weighted by atomic mass is 79.9. The fourth-order valence-corrected chi connectivity index (χ4v) is 4.08. The molecule has 0 saturated heterocycles. The van der Waals surface area contributed by atoms with Crippen LogP contribution in [0.2, 0.25) is 5.02 Å². The Kier molecular flexibility index (Phi) is 7.84. The van der Waals surface area contributed by atoms with Crippen LogP contribution < -0.4 is 15.0 Å². The highest BCUT2D eigenvalue weighted by Crippen LogP contribution is 2.39. The second kappa shape index (κ2) is 11.1. The van der Waals surface area contributed by atoms with E-state index in [0.717, 1.165) is 17.1 Å². The van der Waals surface area contributed by atoms with Gasteiger partial charge in [-0.15, -0.1) is 0 Å². The number of halogens is 2. The summed E-state index contributed by atoms with van der Waals surface area (Å²) in [4.78, 5) is 32.2. The minimum absolute atomic E-state index is 0.0130. The summed E-state index contributed by atoms with van der Waals surface area (Å²) < 4.78 is 13.2. The molecule has 0 fully saturated rings. The largest absolute Gasteiger partial charge is 0.493 e. The van der Waals surface area contributed by atoms with Crippen molar-refractivity contribution in [3.8, 4) is 17.4 Å². The van der Waals surface area contributed by atoms with Crippen molar-refractivity contribution in [1.29, 1.82) is 0 Å². The maximum absolute atomic E-state index is 13.3. The third-order valence-corrected chi connectivity index (χ3v) is 6.37. The predicted octanol–water partition coefficient (Wildman–Crippen LogP) is 6.31. The fourth-order valence-electron chi connectivity index (χ4n) is 3.46. The average Bonchev–Trinajstić information content (AvgIpc) is 2.89. The Bertz CT molecular complexity index is 1570. The molecular weight excluding hydrogens is 566 g/mol. The molecule has 2 aromatic carbocycles. The number of nitrogens with zero attached hydrogens (tertiary/aromatic N) is 5. The summed E-state index contributed by atoms with van der Waals surface area (Å²) in [7, 11) is 1.44. The van der Waals surface area contributed by atoms with Gasteiger partial charge in [-0.25, -0.2) is 9.97 Å². The van der Waals surface area contributed by atoms with Gasteiger partial charge in [-0.2, -0.15) is 9.78 Å². The van der Waals surface area contributed by atoms with Crippen molar-refractivity contribution in [1.82, 2.24) is 14.6 Å². The molecule has 0 unspecified atom stereocenters. The molecule has 2 heterocycles. The summed E-state index contributed by atoms with van der Waals surface area (Å²) >= 11 is 9.87. The number of hydrogen-bond acceptors (Lipinski definition) is 8. The van der Waals surface area contributed by atoms with Crippen LogP contribution in [-0.2, 0) is 0 Å². The molecule has 4 rings (SSSR count). The van der Waals surface area contributed by atoms with Crippen LogP contribution in [0.15, 0.2) is 63.0 Å². The maximum atomic E-state index is 13.3. The number of benzene rings is 2. The monoisotopic (exact) mass is 585 g/mol.